The molecular formula is C17H29N. The van der Waals surface area contributed by atoms with Gasteiger partial charge in [0.15, 0.2) is 0 Å². The van der Waals surface area contributed by atoms with Crippen LogP contribution < -0.4 is 5.32 Å². The van der Waals surface area contributed by atoms with Crippen LogP contribution in [0.3, 0.4) is 0 Å². The molecule has 0 bridgehead atoms. The van der Waals surface area contributed by atoms with E-state index >= 15 is 0 Å². The second-order valence-electron chi connectivity index (χ2n) is 5.53. The highest BCUT2D eigenvalue weighted by Gasteiger charge is 2.27. The highest BCUT2D eigenvalue weighted by molar-refractivity contribution is 5.34. The van der Waals surface area contributed by atoms with Crippen LogP contribution in [0.4, 0.5) is 0 Å². The van der Waals surface area contributed by atoms with Crippen molar-refractivity contribution in [3.8, 4) is 0 Å². The SMILES string of the molecule is CCNCC(CC)(CC)Cc1c(C)cccc1C. The topological polar surface area (TPSA) is 12.0 Å². The molecule has 0 aromatic heterocycles. The molecule has 18 heavy (non-hydrogen) atoms. The molecular weight excluding hydrogens is 218 g/mol. The van der Waals surface area contributed by atoms with E-state index in [0.29, 0.717) is 5.41 Å². The van der Waals surface area contributed by atoms with Crippen molar-refractivity contribution >= 4 is 0 Å². The summed E-state index contributed by atoms with van der Waals surface area (Å²) >= 11 is 0. The van der Waals surface area contributed by atoms with Gasteiger partial charge >= 0.3 is 0 Å². The first kappa shape index (κ1) is 15.2. The molecule has 1 heteroatoms. The Balaban J connectivity index is 2.95. The molecule has 1 aromatic rings. The van der Waals surface area contributed by atoms with Gasteiger partial charge in [0.1, 0.15) is 0 Å². The molecule has 0 saturated heterocycles. The number of hydrogen-bond acceptors (Lipinski definition) is 1. The van der Waals surface area contributed by atoms with Gasteiger partial charge < -0.3 is 5.32 Å². The van der Waals surface area contributed by atoms with Gasteiger partial charge in [0.25, 0.3) is 0 Å². The second kappa shape index (κ2) is 6.94. The van der Waals surface area contributed by atoms with E-state index in [1.165, 1.54) is 30.4 Å². The molecule has 0 amide bonds. The van der Waals surface area contributed by atoms with Gasteiger partial charge in [-0.3, -0.25) is 0 Å². The van der Waals surface area contributed by atoms with Crippen LogP contribution in [-0.2, 0) is 6.42 Å². The van der Waals surface area contributed by atoms with Crippen LogP contribution in [0.1, 0.15) is 50.3 Å². The summed E-state index contributed by atoms with van der Waals surface area (Å²) in [6, 6.07) is 6.65. The van der Waals surface area contributed by atoms with Crippen molar-refractivity contribution in [3.63, 3.8) is 0 Å². The predicted molar refractivity (Wildman–Crippen MR) is 81.2 cm³/mol. The molecule has 0 aliphatic carbocycles. The Labute approximate surface area is 113 Å². The molecule has 1 aromatic carbocycles. The number of benzene rings is 1. The predicted octanol–water partition coefficient (Wildman–Crippen LogP) is 4.26. The van der Waals surface area contributed by atoms with E-state index in [4.69, 9.17) is 0 Å². The van der Waals surface area contributed by atoms with E-state index in [1.54, 1.807) is 5.56 Å². The summed E-state index contributed by atoms with van der Waals surface area (Å²) in [7, 11) is 0. The van der Waals surface area contributed by atoms with Gasteiger partial charge in [-0.1, -0.05) is 39.0 Å². The van der Waals surface area contributed by atoms with Gasteiger partial charge in [0.05, 0.1) is 0 Å². The maximum atomic E-state index is 3.55. The minimum atomic E-state index is 0.410. The average Bonchev–Trinajstić information content (AvgIpc) is 2.38. The van der Waals surface area contributed by atoms with E-state index < -0.39 is 0 Å². The fourth-order valence-corrected chi connectivity index (χ4v) is 2.71. The Morgan fingerprint density at radius 2 is 1.56 bits per heavy atom. The highest BCUT2D eigenvalue weighted by Crippen LogP contribution is 2.32. The number of rotatable bonds is 7. The van der Waals surface area contributed by atoms with Crippen molar-refractivity contribution in [1.82, 2.24) is 5.32 Å². The Morgan fingerprint density at radius 3 is 2.00 bits per heavy atom. The Bertz CT molecular complexity index is 344. The molecule has 0 aliphatic rings. The Hall–Kier alpha value is -0.820. The molecule has 0 fully saturated rings. The van der Waals surface area contributed by atoms with Crippen molar-refractivity contribution in [3.05, 3.63) is 34.9 Å². The van der Waals surface area contributed by atoms with E-state index in [0.717, 1.165) is 13.1 Å². The largest absolute Gasteiger partial charge is 0.316 e. The number of hydrogen-bond donors (Lipinski definition) is 1. The first-order valence-corrected chi connectivity index (χ1v) is 7.34. The van der Waals surface area contributed by atoms with Gasteiger partial charge in [-0.2, -0.15) is 0 Å². The third kappa shape index (κ3) is 3.58. The number of aryl methyl sites for hydroxylation is 2. The summed E-state index contributed by atoms with van der Waals surface area (Å²) in [5, 5.41) is 3.55. The lowest BCUT2D eigenvalue weighted by Crippen LogP contribution is -2.35. The van der Waals surface area contributed by atoms with Crippen molar-refractivity contribution in [2.45, 2.75) is 53.9 Å². The summed E-state index contributed by atoms with van der Waals surface area (Å²) in [5.74, 6) is 0. The molecule has 1 rings (SSSR count). The van der Waals surface area contributed by atoms with Gasteiger partial charge in [-0.05, 0) is 61.8 Å². The molecule has 0 saturated carbocycles. The van der Waals surface area contributed by atoms with Gasteiger partial charge in [0, 0.05) is 6.54 Å². The smallest absolute Gasteiger partial charge is 0.00107 e. The van der Waals surface area contributed by atoms with Gasteiger partial charge in [-0.25, -0.2) is 0 Å². The molecule has 0 spiro atoms. The summed E-state index contributed by atoms with van der Waals surface area (Å²) < 4.78 is 0. The standard InChI is InChI=1S/C17H29N/c1-6-17(7-2,13-18-8-3)12-16-14(4)10-9-11-15(16)5/h9-11,18H,6-8,12-13H2,1-5H3. The summed E-state index contributed by atoms with van der Waals surface area (Å²) in [5.41, 5.74) is 4.85. The van der Waals surface area contributed by atoms with Crippen LogP contribution in [0.2, 0.25) is 0 Å². The summed E-state index contributed by atoms with van der Waals surface area (Å²) in [6.45, 7) is 13.5. The molecule has 102 valence electrons. The van der Waals surface area contributed by atoms with Crippen molar-refractivity contribution in [1.29, 1.82) is 0 Å². The maximum Gasteiger partial charge on any atom is 0.00107 e. The van der Waals surface area contributed by atoms with Crippen molar-refractivity contribution in [2.24, 2.45) is 5.41 Å². The first-order valence-electron chi connectivity index (χ1n) is 7.34. The molecule has 0 radical (unpaired) electrons. The zero-order valence-corrected chi connectivity index (χ0v) is 12.8. The van der Waals surface area contributed by atoms with Crippen LogP contribution in [-0.4, -0.2) is 13.1 Å². The van der Waals surface area contributed by atoms with Gasteiger partial charge in [0.2, 0.25) is 0 Å². The van der Waals surface area contributed by atoms with E-state index in [1.807, 2.05) is 0 Å². The quantitative estimate of drug-likeness (QED) is 0.759. The lowest BCUT2D eigenvalue weighted by molar-refractivity contribution is 0.247. The first-order chi connectivity index (χ1) is 8.58. The minimum absolute atomic E-state index is 0.410. The van der Waals surface area contributed by atoms with Crippen molar-refractivity contribution in [2.75, 3.05) is 13.1 Å². The highest BCUT2D eigenvalue weighted by atomic mass is 14.9. The average molecular weight is 247 g/mol. The molecule has 0 aliphatic heterocycles. The van der Waals surface area contributed by atoms with Crippen LogP contribution in [0.15, 0.2) is 18.2 Å². The summed E-state index contributed by atoms with van der Waals surface area (Å²) in [4.78, 5) is 0. The molecule has 0 atom stereocenters. The lowest BCUT2D eigenvalue weighted by Gasteiger charge is -2.33. The molecule has 1 nitrogen and oxygen atoms in total. The summed E-state index contributed by atoms with van der Waals surface area (Å²) in [6.07, 6.45) is 3.68. The van der Waals surface area contributed by atoms with Crippen LogP contribution >= 0.6 is 0 Å². The Morgan fingerprint density at radius 1 is 1.00 bits per heavy atom. The van der Waals surface area contributed by atoms with Crippen molar-refractivity contribution < 1.29 is 0 Å². The fourth-order valence-electron chi connectivity index (χ4n) is 2.71. The third-order valence-corrected chi connectivity index (χ3v) is 4.45. The van der Waals surface area contributed by atoms with Crippen LogP contribution in [0, 0.1) is 19.3 Å². The molecule has 0 unspecified atom stereocenters. The minimum Gasteiger partial charge on any atom is -0.316 e. The molecule has 0 heterocycles. The number of nitrogens with one attached hydrogen (secondary N) is 1. The zero-order chi connectivity index (χ0) is 13.6. The Kier molecular flexibility index (Phi) is 5.87. The van der Waals surface area contributed by atoms with E-state index in [2.05, 4.69) is 58.1 Å². The van der Waals surface area contributed by atoms with Crippen LogP contribution in [0.25, 0.3) is 0 Å². The van der Waals surface area contributed by atoms with Crippen LogP contribution in [0.5, 0.6) is 0 Å². The second-order valence-corrected chi connectivity index (χ2v) is 5.53. The molecule has 1 N–H and O–H groups in total. The zero-order valence-electron chi connectivity index (χ0n) is 12.8. The normalized spacial score (nSPS) is 11.8. The monoisotopic (exact) mass is 247 g/mol. The third-order valence-electron chi connectivity index (χ3n) is 4.45. The fraction of sp³-hybridized carbons (Fsp3) is 0.647. The van der Waals surface area contributed by atoms with E-state index in [-0.39, 0.29) is 0 Å². The van der Waals surface area contributed by atoms with E-state index in [9.17, 15) is 0 Å². The maximum absolute atomic E-state index is 3.55. The lowest BCUT2D eigenvalue weighted by atomic mass is 9.75. The van der Waals surface area contributed by atoms with Gasteiger partial charge in [-0.15, -0.1) is 0 Å².